The summed E-state index contributed by atoms with van der Waals surface area (Å²) in [6.07, 6.45) is 1.32. The molecule has 0 fully saturated rings. The van der Waals surface area contributed by atoms with E-state index >= 15 is 0 Å². The highest BCUT2D eigenvalue weighted by atomic mass is 32.2. The molecule has 0 aromatic carbocycles. The lowest BCUT2D eigenvalue weighted by molar-refractivity contribution is 0.0931. The molecular formula is C11H19N3O3S. The van der Waals surface area contributed by atoms with Crippen LogP contribution in [0.1, 0.15) is 31.3 Å². The smallest absolute Gasteiger partial charge is 0.267 e. The van der Waals surface area contributed by atoms with Gasteiger partial charge in [-0.3, -0.25) is 4.79 Å². The minimum absolute atomic E-state index is 0.0381. The summed E-state index contributed by atoms with van der Waals surface area (Å²) < 4.78 is 23.8. The largest absolute Gasteiger partial charge is 0.350 e. The van der Waals surface area contributed by atoms with Crippen molar-refractivity contribution in [1.82, 2.24) is 9.88 Å². The third kappa shape index (κ3) is 3.85. The van der Waals surface area contributed by atoms with E-state index in [0.717, 1.165) is 0 Å². The summed E-state index contributed by atoms with van der Waals surface area (Å²) >= 11 is 0. The Labute approximate surface area is 107 Å². The fourth-order valence-corrected chi connectivity index (χ4v) is 1.93. The molecule has 0 aliphatic rings. The molecule has 0 bridgehead atoms. The van der Waals surface area contributed by atoms with Gasteiger partial charge in [-0.1, -0.05) is 20.8 Å². The predicted octanol–water partition coefficient (Wildman–Crippen LogP) is 0.448. The van der Waals surface area contributed by atoms with Crippen LogP contribution in [-0.2, 0) is 17.1 Å². The average molecular weight is 273 g/mol. The minimum Gasteiger partial charge on any atom is -0.350 e. The molecule has 0 aliphatic heterocycles. The number of carbonyl (C=O) groups is 1. The van der Waals surface area contributed by atoms with E-state index in [9.17, 15) is 13.2 Å². The Bertz CT molecular complexity index is 553. The third-order valence-corrected chi connectivity index (χ3v) is 3.20. The molecule has 0 unspecified atom stereocenters. The summed E-state index contributed by atoms with van der Waals surface area (Å²) in [5.41, 5.74) is 0.229. The minimum atomic E-state index is -3.78. The molecule has 1 amide bonds. The maximum Gasteiger partial charge on any atom is 0.267 e. The lowest BCUT2D eigenvalue weighted by Gasteiger charge is -2.18. The van der Waals surface area contributed by atoms with E-state index < -0.39 is 10.0 Å². The maximum absolute atomic E-state index is 11.9. The van der Waals surface area contributed by atoms with Gasteiger partial charge < -0.3 is 9.88 Å². The summed E-state index contributed by atoms with van der Waals surface area (Å²) in [4.78, 5) is 11.8. The van der Waals surface area contributed by atoms with Crippen LogP contribution in [0.4, 0.5) is 0 Å². The van der Waals surface area contributed by atoms with E-state index in [1.165, 1.54) is 16.8 Å². The molecule has 1 rings (SSSR count). The first-order valence-corrected chi connectivity index (χ1v) is 7.03. The Morgan fingerprint density at radius 2 is 2.00 bits per heavy atom. The molecule has 18 heavy (non-hydrogen) atoms. The van der Waals surface area contributed by atoms with Crippen molar-refractivity contribution in [1.29, 1.82) is 0 Å². The standard InChI is InChI=1S/C11H19N3O3S/c1-11(2,3)7-13-10(15)9-5-8(6-14(9)4)18(12,16)17/h5-6H,7H2,1-4H3,(H,13,15)(H2,12,16,17). The van der Waals surface area contributed by atoms with Crippen molar-refractivity contribution in [3.8, 4) is 0 Å². The van der Waals surface area contributed by atoms with Crippen molar-refractivity contribution in [3.05, 3.63) is 18.0 Å². The second-order valence-corrected chi connectivity index (χ2v) is 7.02. The number of carbonyl (C=O) groups excluding carboxylic acids is 1. The van der Waals surface area contributed by atoms with Gasteiger partial charge in [0, 0.05) is 19.8 Å². The zero-order valence-electron chi connectivity index (χ0n) is 11.0. The van der Waals surface area contributed by atoms with Gasteiger partial charge >= 0.3 is 0 Å². The predicted molar refractivity (Wildman–Crippen MR) is 68.6 cm³/mol. The molecule has 1 aromatic heterocycles. The van der Waals surface area contributed by atoms with Gasteiger partial charge in [0.25, 0.3) is 5.91 Å². The van der Waals surface area contributed by atoms with Crippen LogP contribution < -0.4 is 10.5 Å². The van der Waals surface area contributed by atoms with Crippen LogP contribution in [0, 0.1) is 5.41 Å². The molecule has 0 spiro atoms. The normalized spacial score (nSPS) is 12.5. The zero-order valence-corrected chi connectivity index (χ0v) is 11.8. The number of nitrogens with one attached hydrogen (secondary N) is 1. The first-order chi connectivity index (χ1) is 8.00. The Balaban J connectivity index is 2.91. The van der Waals surface area contributed by atoms with Crippen LogP contribution in [0.25, 0.3) is 0 Å². The highest BCUT2D eigenvalue weighted by molar-refractivity contribution is 7.89. The van der Waals surface area contributed by atoms with Gasteiger partial charge in [0.05, 0.1) is 0 Å². The number of rotatable bonds is 3. The molecule has 0 saturated carbocycles. The van der Waals surface area contributed by atoms with Crippen molar-refractivity contribution >= 4 is 15.9 Å². The quantitative estimate of drug-likeness (QED) is 0.837. The number of hydrogen-bond acceptors (Lipinski definition) is 3. The van der Waals surface area contributed by atoms with E-state index in [4.69, 9.17) is 5.14 Å². The molecular weight excluding hydrogens is 254 g/mol. The van der Waals surface area contributed by atoms with Gasteiger partial charge in [-0.25, -0.2) is 13.6 Å². The van der Waals surface area contributed by atoms with E-state index in [-0.39, 0.29) is 21.9 Å². The van der Waals surface area contributed by atoms with Crippen molar-refractivity contribution in [2.45, 2.75) is 25.7 Å². The molecule has 3 N–H and O–H groups in total. The van der Waals surface area contributed by atoms with Crippen LogP contribution in [0.2, 0.25) is 0 Å². The molecule has 0 saturated heterocycles. The number of hydrogen-bond donors (Lipinski definition) is 2. The Morgan fingerprint density at radius 3 is 2.39 bits per heavy atom. The molecule has 1 aromatic rings. The van der Waals surface area contributed by atoms with Gasteiger partial charge in [0.15, 0.2) is 0 Å². The van der Waals surface area contributed by atoms with Crippen molar-refractivity contribution in [2.24, 2.45) is 17.6 Å². The summed E-state index contributed by atoms with van der Waals surface area (Å²) in [5, 5.41) is 7.76. The SMILES string of the molecule is Cn1cc(S(N)(=O)=O)cc1C(=O)NCC(C)(C)C. The molecule has 6 nitrogen and oxygen atoms in total. The summed E-state index contributed by atoms with van der Waals surface area (Å²) in [6.45, 7) is 6.48. The lowest BCUT2D eigenvalue weighted by Crippen LogP contribution is -2.33. The fourth-order valence-electron chi connectivity index (χ4n) is 1.35. The fraction of sp³-hybridized carbons (Fsp3) is 0.545. The highest BCUT2D eigenvalue weighted by Gasteiger charge is 2.19. The van der Waals surface area contributed by atoms with E-state index in [1.807, 2.05) is 20.8 Å². The number of amides is 1. The van der Waals surface area contributed by atoms with E-state index in [1.54, 1.807) is 7.05 Å². The van der Waals surface area contributed by atoms with Crippen molar-refractivity contribution in [2.75, 3.05) is 6.54 Å². The number of aromatic nitrogens is 1. The lowest BCUT2D eigenvalue weighted by atomic mass is 9.97. The molecule has 0 atom stereocenters. The number of aryl methyl sites for hydroxylation is 1. The van der Waals surface area contributed by atoms with Crippen LogP contribution in [0.15, 0.2) is 17.2 Å². The number of primary sulfonamides is 1. The summed E-state index contributed by atoms with van der Waals surface area (Å²) in [7, 11) is -2.18. The Hall–Kier alpha value is -1.34. The van der Waals surface area contributed by atoms with Gasteiger partial charge in [0.1, 0.15) is 10.6 Å². The van der Waals surface area contributed by atoms with Gasteiger partial charge in [-0.05, 0) is 11.5 Å². The maximum atomic E-state index is 11.9. The number of nitrogens with two attached hydrogens (primary N) is 1. The molecule has 0 aliphatic carbocycles. The third-order valence-electron chi connectivity index (χ3n) is 2.32. The molecule has 7 heteroatoms. The van der Waals surface area contributed by atoms with Crippen LogP contribution in [0.3, 0.4) is 0 Å². The van der Waals surface area contributed by atoms with Crippen molar-refractivity contribution in [3.63, 3.8) is 0 Å². The van der Waals surface area contributed by atoms with E-state index in [2.05, 4.69) is 5.32 Å². The van der Waals surface area contributed by atoms with Crippen LogP contribution in [-0.4, -0.2) is 25.4 Å². The zero-order chi connectivity index (χ0) is 14.1. The second kappa shape index (κ2) is 4.74. The second-order valence-electron chi connectivity index (χ2n) is 5.46. The molecule has 0 radical (unpaired) electrons. The monoisotopic (exact) mass is 273 g/mol. The average Bonchev–Trinajstić information content (AvgIpc) is 2.55. The first-order valence-electron chi connectivity index (χ1n) is 5.48. The van der Waals surface area contributed by atoms with Crippen molar-refractivity contribution < 1.29 is 13.2 Å². The molecule has 102 valence electrons. The van der Waals surface area contributed by atoms with Gasteiger partial charge in [-0.15, -0.1) is 0 Å². The Kier molecular flexibility index (Phi) is 3.87. The van der Waals surface area contributed by atoms with Crippen LogP contribution in [0.5, 0.6) is 0 Å². The number of sulfonamides is 1. The van der Waals surface area contributed by atoms with Gasteiger partial charge in [-0.2, -0.15) is 0 Å². The summed E-state index contributed by atoms with van der Waals surface area (Å²) in [5.74, 6) is -0.317. The number of nitrogens with zero attached hydrogens (tertiary/aromatic N) is 1. The van der Waals surface area contributed by atoms with E-state index in [0.29, 0.717) is 6.54 Å². The molecule has 1 heterocycles. The van der Waals surface area contributed by atoms with Crippen LogP contribution >= 0.6 is 0 Å². The first kappa shape index (κ1) is 14.7. The summed E-state index contributed by atoms with van der Waals surface area (Å²) in [6, 6.07) is 1.27. The topological polar surface area (TPSA) is 94.2 Å². The Morgan fingerprint density at radius 1 is 1.44 bits per heavy atom. The highest BCUT2D eigenvalue weighted by Crippen LogP contribution is 2.13. The van der Waals surface area contributed by atoms with Gasteiger partial charge in [0.2, 0.25) is 10.0 Å².